The second-order valence-electron chi connectivity index (χ2n) is 8.22. The van der Waals surface area contributed by atoms with Crippen molar-refractivity contribution in [1.29, 1.82) is 0 Å². The summed E-state index contributed by atoms with van der Waals surface area (Å²) in [4.78, 5) is 0. The minimum Gasteiger partial charge on any atom is -0.487 e. The van der Waals surface area contributed by atoms with Crippen molar-refractivity contribution in [3.05, 3.63) is 29.1 Å². The molecule has 0 aliphatic carbocycles. The van der Waals surface area contributed by atoms with Crippen molar-refractivity contribution in [1.82, 2.24) is 0 Å². The van der Waals surface area contributed by atoms with Gasteiger partial charge >= 0.3 is 8.80 Å². The van der Waals surface area contributed by atoms with Crippen LogP contribution in [0.4, 0.5) is 22.0 Å². The van der Waals surface area contributed by atoms with Crippen molar-refractivity contribution >= 4 is 8.80 Å². The van der Waals surface area contributed by atoms with E-state index in [0.717, 1.165) is 25.7 Å². The van der Waals surface area contributed by atoms with E-state index in [0.29, 0.717) is 6.42 Å². The lowest BCUT2D eigenvalue weighted by atomic mass is 10.1. The first-order valence-electron chi connectivity index (χ1n) is 10.9. The fraction of sp³-hybridized carbons (Fsp3) is 0.727. The van der Waals surface area contributed by atoms with E-state index in [2.05, 4.69) is 6.92 Å². The predicted molar refractivity (Wildman–Crippen MR) is 109 cm³/mol. The van der Waals surface area contributed by atoms with Crippen LogP contribution in [0.15, 0.2) is 0 Å². The topological polar surface area (TPSA) is 18.5 Å². The van der Waals surface area contributed by atoms with Gasteiger partial charge in [0, 0.05) is 13.5 Å². The third-order valence-corrected chi connectivity index (χ3v) is 9.90. The molecule has 0 aromatic heterocycles. The highest BCUT2D eigenvalue weighted by Gasteiger charge is 2.57. The van der Waals surface area contributed by atoms with E-state index in [1.54, 1.807) is 0 Å². The quantitative estimate of drug-likeness (QED) is 0.0986. The lowest BCUT2D eigenvalue weighted by Gasteiger charge is -2.32. The van der Waals surface area contributed by atoms with Crippen LogP contribution in [0.2, 0.25) is 12.1 Å². The van der Waals surface area contributed by atoms with Crippen molar-refractivity contribution in [3.8, 4) is 5.75 Å². The first-order chi connectivity index (χ1) is 14.3. The maximum atomic E-state index is 13.5. The molecule has 1 unspecified atom stereocenters. The van der Waals surface area contributed by atoms with Crippen molar-refractivity contribution in [3.63, 3.8) is 0 Å². The number of hydrogen-bond donors (Lipinski definition) is 0. The van der Waals surface area contributed by atoms with Gasteiger partial charge in [-0.15, -0.1) is 0 Å². The van der Waals surface area contributed by atoms with E-state index in [1.165, 1.54) is 44.2 Å². The number of hydrogen-bond acceptors (Lipinski definition) is 2. The van der Waals surface area contributed by atoms with E-state index >= 15 is 0 Å². The van der Waals surface area contributed by atoms with Crippen LogP contribution in [-0.2, 0) is 4.74 Å². The largest absolute Gasteiger partial charge is 0.487 e. The number of unbranched alkanes of at least 4 members (excludes halogenated alkanes) is 8. The lowest BCUT2D eigenvalue weighted by Crippen LogP contribution is -2.53. The fourth-order valence-corrected chi connectivity index (χ4v) is 6.91. The molecule has 0 radical (unpaired) electrons. The third kappa shape index (κ3) is 6.42. The summed E-state index contributed by atoms with van der Waals surface area (Å²) < 4.78 is 76.6. The normalized spacial score (nSPS) is 18.6. The first-order valence-corrected chi connectivity index (χ1v) is 12.8. The molecule has 1 aromatic carbocycles. The molecule has 0 bridgehead atoms. The zero-order valence-electron chi connectivity index (χ0n) is 17.9. The van der Waals surface area contributed by atoms with Gasteiger partial charge in [0.15, 0.2) is 11.0 Å². The number of ether oxygens (including phenoxy) is 2. The fourth-order valence-electron chi connectivity index (χ4n) is 3.85. The van der Waals surface area contributed by atoms with Crippen molar-refractivity contribution < 1.29 is 31.4 Å². The van der Waals surface area contributed by atoms with E-state index in [9.17, 15) is 22.0 Å². The molecule has 1 fully saturated rings. The molecular weight excluding hydrogens is 419 g/mol. The Labute approximate surface area is 177 Å². The summed E-state index contributed by atoms with van der Waals surface area (Å²) >= 11 is 0. The molecular formula is C22H32F5O2Si+. The highest BCUT2D eigenvalue weighted by atomic mass is 28.3. The molecule has 0 spiro atoms. The summed E-state index contributed by atoms with van der Waals surface area (Å²) in [6.07, 6.45) is 10.7. The molecule has 1 aromatic rings. The SMILES string of the molecule is COC1(C)CC[Si+]1CCCCCCCCCCCOc1c(F)c(F)c(F)c(F)c1F. The monoisotopic (exact) mass is 451 g/mol. The summed E-state index contributed by atoms with van der Waals surface area (Å²) in [5.74, 6) is -11.2. The Morgan fingerprint density at radius 1 is 0.733 bits per heavy atom. The van der Waals surface area contributed by atoms with E-state index < -0.39 is 34.8 Å². The average Bonchev–Trinajstić information content (AvgIpc) is 2.74. The molecule has 2 rings (SSSR count). The summed E-state index contributed by atoms with van der Waals surface area (Å²) in [5, 5.41) is 0.199. The van der Waals surface area contributed by atoms with Crippen LogP contribution in [0.5, 0.6) is 5.75 Å². The van der Waals surface area contributed by atoms with Gasteiger partial charge in [0.25, 0.3) is 0 Å². The molecule has 2 nitrogen and oxygen atoms in total. The second-order valence-corrected chi connectivity index (χ2v) is 11.5. The molecule has 1 atom stereocenters. The average molecular weight is 452 g/mol. The van der Waals surface area contributed by atoms with Gasteiger partial charge in [0.05, 0.1) is 18.7 Å². The van der Waals surface area contributed by atoms with Crippen molar-refractivity contribution in [2.24, 2.45) is 0 Å². The van der Waals surface area contributed by atoms with Crippen molar-refractivity contribution in [2.45, 2.75) is 88.4 Å². The Hall–Kier alpha value is -1.15. The van der Waals surface area contributed by atoms with Crippen LogP contribution in [0.1, 0.15) is 71.1 Å². The summed E-state index contributed by atoms with van der Waals surface area (Å²) in [6.45, 7) is 2.17. The van der Waals surface area contributed by atoms with E-state index in [-0.39, 0.29) is 20.6 Å². The van der Waals surface area contributed by atoms with Gasteiger partial charge < -0.3 is 9.47 Å². The van der Waals surface area contributed by atoms with Crippen LogP contribution in [-0.4, -0.2) is 27.7 Å². The van der Waals surface area contributed by atoms with Crippen LogP contribution in [0.25, 0.3) is 0 Å². The Bertz CT molecular complexity index is 655. The van der Waals surface area contributed by atoms with Gasteiger partial charge in [-0.2, -0.15) is 8.78 Å². The first kappa shape index (κ1) is 25.1. The summed E-state index contributed by atoms with van der Waals surface area (Å²) in [7, 11) is 1.51. The Balaban J connectivity index is 1.47. The van der Waals surface area contributed by atoms with Gasteiger partial charge in [-0.25, -0.2) is 13.2 Å². The Morgan fingerprint density at radius 3 is 1.67 bits per heavy atom. The molecule has 1 aliphatic rings. The molecule has 1 saturated heterocycles. The predicted octanol–water partition coefficient (Wildman–Crippen LogP) is 7.11. The summed E-state index contributed by atoms with van der Waals surface area (Å²) in [5.41, 5.74) is 0. The number of rotatable bonds is 14. The van der Waals surface area contributed by atoms with Crippen LogP contribution < -0.4 is 4.74 Å². The minimum atomic E-state index is -2.17. The van der Waals surface area contributed by atoms with E-state index in [4.69, 9.17) is 9.47 Å². The molecule has 0 amide bonds. The molecule has 1 aliphatic heterocycles. The number of halogens is 5. The zero-order chi connectivity index (χ0) is 22.1. The summed E-state index contributed by atoms with van der Waals surface area (Å²) in [6, 6.07) is 2.72. The zero-order valence-corrected chi connectivity index (χ0v) is 18.9. The molecule has 8 heteroatoms. The molecule has 30 heavy (non-hydrogen) atoms. The molecule has 170 valence electrons. The van der Waals surface area contributed by atoms with Crippen LogP contribution in [0, 0.1) is 29.1 Å². The van der Waals surface area contributed by atoms with Crippen molar-refractivity contribution in [2.75, 3.05) is 13.7 Å². The maximum absolute atomic E-state index is 13.5. The number of benzene rings is 1. The van der Waals surface area contributed by atoms with Gasteiger partial charge in [-0.05, 0) is 19.8 Å². The molecule has 1 heterocycles. The number of methoxy groups -OCH3 is 1. The van der Waals surface area contributed by atoms with E-state index in [1.807, 2.05) is 7.11 Å². The van der Waals surface area contributed by atoms with Crippen LogP contribution in [0.3, 0.4) is 0 Å². The molecule has 0 N–H and O–H groups in total. The lowest BCUT2D eigenvalue weighted by molar-refractivity contribution is 0.0499. The Morgan fingerprint density at radius 2 is 1.20 bits per heavy atom. The maximum Gasteiger partial charge on any atom is 0.351 e. The minimum absolute atomic E-state index is 0.0806. The van der Waals surface area contributed by atoms with Crippen LogP contribution >= 0.6 is 0 Å². The second kappa shape index (κ2) is 12.0. The highest BCUT2D eigenvalue weighted by Crippen LogP contribution is 2.37. The van der Waals surface area contributed by atoms with Gasteiger partial charge in [0.2, 0.25) is 29.1 Å². The van der Waals surface area contributed by atoms with Gasteiger partial charge in [0.1, 0.15) is 0 Å². The van der Waals surface area contributed by atoms with Gasteiger partial charge in [-0.3, -0.25) is 0 Å². The van der Waals surface area contributed by atoms with Gasteiger partial charge in [-0.1, -0.05) is 44.9 Å². The smallest absolute Gasteiger partial charge is 0.351 e. The standard InChI is InChI=1S/C22H32F5O2Si/c1-22(28-2)12-15-30(22)14-11-9-7-5-3-4-6-8-10-13-29-21-19(26)17(24)16(23)18(25)20(21)27/h3-15H2,1-2H3/q+1. The molecule has 0 saturated carbocycles. The Kier molecular flexibility index (Phi) is 10.1. The highest BCUT2D eigenvalue weighted by molar-refractivity contribution is 6.65. The third-order valence-electron chi connectivity index (χ3n) is 6.14.